The van der Waals surface area contributed by atoms with Crippen molar-refractivity contribution in [3.05, 3.63) is 12.3 Å². The van der Waals surface area contributed by atoms with Gasteiger partial charge in [-0.3, -0.25) is 9.89 Å². The van der Waals surface area contributed by atoms with Gasteiger partial charge in [0.15, 0.2) is 5.03 Å². The third-order valence-electron chi connectivity index (χ3n) is 2.04. The van der Waals surface area contributed by atoms with Gasteiger partial charge >= 0.3 is 0 Å². The molecule has 0 aliphatic rings. The lowest BCUT2D eigenvalue weighted by Gasteiger charge is -2.22. The lowest BCUT2D eigenvalue weighted by Crippen LogP contribution is -2.46. The summed E-state index contributed by atoms with van der Waals surface area (Å²) in [6, 6.07) is 1.34. The third-order valence-corrected chi connectivity index (χ3v) is 3.78. The van der Waals surface area contributed by atoms with Crippen molar-refractivity contribution in [1.82, 2.24) is 19.8 Å². The molecule has 7 nitrogen and oxygen atoms in total. The first-order valence-electron chi connectivity index (χ1n) is 5.39. The van der Waals surface area contributed by atoms with Gasteiger partial charge in [-0.15, -0.1) is 0 Å². The van der Waals surface area contributed by atoms with Crippen LogP contribution in [0.1, 0.15) is 20.8 Å². The first-order valence-corrected chi connectivity index (χ1v) is 6.84. The Labute approximate surface area is 107 Å². The minimum Gasteiger partial charge on any atom is -0.350 e. The van der Waals surface area contributed by atoms with Crippen molar-refractivity contribution in [1.29, 1.82) is 0 Å². The fourth-order valence-corrected chi connectivity index (χ4v) is 2.32. The fourth-order valence-electron chi connectivity index (χ4n) is 1.30. The van der Waals surface area contributed by atoms with Gasteiger partial charge in [-0.2, -0.15) is 9.40 Å². The number of nitrogens with one attached hydrogen (secondary N) is 2. The molecule has 1 heterocycles. The zero-order chi connectivity index (χ0) is 14.0. The average Bonchev–Trinajstić information content (AvgIpc) is 2.66. The molecule has 0 saturated heterocycles. The summed E-state index contributed by atoms with van der Waals surface area (Å²) < 4.78 is 24.9. The lowest BCUT2D eigenvalue weighted by molar-refractivity contribution is -0.122. The highest BCUT2D eigenvalue weighted by Gasteiger charge is 2.25. The molecular weight excluding hydrogens is 256 g/mol. The van der Waals surface area contributed by atoms with E-state index in [9.17, 15) is 13.2 Å². The van der Waals surface area contributed by atoms with E-state index in [1.807, 2.05) is 20.8 Å². The molecule has 1 aromatic heterocycles. The van der Waals surface area contributed by atoms with Crippen molar-refractivity contribution in [2.45, 2.75) is 31.3 Å². The van der Waals surface area contributed by atoms with Gasteiger partial charge in [-0.1, -0.05) is 0 Å². The van der Waals surface area contributed by atoms with Crippen molar-refractivity contribution in [3.8, 4) is 0 Å². The molecule has 102 valence electrons. The Hall–Kier alpha value is -1.41. The number of carbonyl (C=O) groups is 1. The predicted molar refractivity (Wildman–Crippen MR) is 66.3 cm³/mol. The monoisotopic (exact) mass is 274 g/mol. The number of aromatic nitrogens is 2. The van der Waals surface area contributed by atoms with Crippen LogP contribution in [-0.2, 0) is 14.8 Å². The van der Waals surface area contributed by atoms with Gasteiger partial charge in [-0.25, -0.2) is 8.42 Å². The number of nitrogens with zero attached hydrogens (tertiary/aromatic N) is 2. The van der Waals surface area contributed by atoms with Crippen molar-refractivity contribution < 1.29 is 13.2 Å². The molecule has 8 heteroatoms. The maximum absolute atomic E-state index is 12.0. The van der Waals surface area contributed by atoms with E-state index < -0.39 is 15.6 Å². The number of sulfonamides is 1. The molecule has 0 atom stereocenters. The second-order valence-corrected chi connectivity index (χ2v) is 6.99. The van der Waals surface area contributed by atoms with Crippen LogP contribution in [0.2, 0.25) is 0 Å². The van der Waals surface area contributed by atoms with Crippen LogP contribution >= 0.6 is 0 Å². The van der Waals surface area contributed by atoms with Crippen LogP contribution in [-0.4, -0.2) is 48.0 Å². The first kappa shape index (κ1) is 14.7. The van der Waals surface area contributed by atoms with E-state index in [2.05, 4.69) is 15.5 Å². The molecule has 0 bridgehead atoms. The average molecular weight is 274 g/mol. The Balaban J connectivity index is 2.72. The SMILES string of the molecule is CN(CC(=O)NC(C)(C)C)S(=O)(=O)c1ccn[nH]1. The fraction of sp³-hybridized carbons (Fsp3) is 0.600. The van der Waals surface area contributed by atoms with Gasteiger partial charge in [0.05, 0.1) is 12.7 Å². The summed E-state index contributed by atoms with van der Waals surface area (Å²) in [4.78, 5) is 11.6. The molecule has 0 unspecified atom stereocenters. The normalized spacial score (nSPS) is 12.7. The summed E-state index contributed by atoms with van der Waals surface area (Å²) in [6.07, 6.45) is 1.34. The maximum atomic E-state index is 12.0. The summed E-state index contributed by atoms with van der Waals surface area (Å²) >= 11 is 0. The van der Waals surface area contributed by atoms with Gasteiger partial charge < -0.3 is 5.32 Å². The van der Waals surface area contributed by atoms with Gasteiger partial charge in [0.2, 0.25) is 5.91 Å². The van der Waals surface area contributed by atoms with Gasteiger partial charge in [0.1, 0.15) is 0 Å². The number of hydrogen-bond donors (Lipinski definition) is 2. The van der Waals surface area contributed by atoms with Gasteiger partial charge in [-0.05, 0) is 26.8 Å². The molecule has 1 amide bonds. The molecule has 1 rings (SSSR count). The Bertz CT molecular complexity index is 502. The highest BCUT2D eigenvalue weighted by molar-refractivity contribution is 7.89. The van der Waals surface area contributed by atoms with Crippen LogP contribution in [0.25, 0.3) is 0 Å². The van der Waals surface area contributed by atoms with E-state index in [1.54, 1.807) is 0 Å². The number of rotatable bonds is 4. The first-order chi connectivity index (χ1) is 8.13. The van der Waals surface area contributed by atoms with Crippen molar-refractivity contribution >= 4 is 15.9 Å². The molecule has 0 fully saturated rings. The van der Waals surface area contributed by atoms with Crippen LogP contribution in [0.5, 0.6) is 0 Å². The molecule has 0 saturated carbocycles. The summed E-state index contributed by atoms with van der Waals surface area (Å²) in [5, 5.41) is 8.61. The van der Waals surface area contributed by atoms with Crippen LogP contribution in [0, 0.1) is 0 Å². The molecule has 0 aliphatic heterocycles. The summed E-state index contributed by atoms with van der Waals surface area (Å²) in [5.74, 6) is -0.354. The van der Waals surface area contributed by atoms with Crippen LogP contribution in [0.3, 0.4) is 0 Å². The Kier molecular flexibility index (Phi) is 4.12. The summed E-state index contributed by atoms with van der Waals surface area (Å²) in [7, 11) is -2.35. The zero-order valence-electron chi connectivity index (χ0n) is 10.9. The van der Waals surface area contributed by atoms with Crippen molar-refractivity contribution in [2.24, 2.45) is 0 Å². The van der Waals surface area contributed by atoms with Crippen LogP contribution in [0.4, 0.5) is 0 Å². The molecule has 1 aromatic rings. The second-order valence-electron chi connectivity index (χ2n) is 4.98. The third kappa shape index (κ3) is 3.81. The maximum Gasteiger partial charge on any atom is 0.260 e. The van der Waals surface area contributed by atoms with Crippen LogP contribution in [0.15, 0.2) is 17.3 Å². The number of carbonyl (C=O) groups excluding carboxylic acids is 1. The number of aromatic amines is 1. The Morgan fingerprint density at radius 1 is 1.50 bits per heavy atom. The summed E-state index contributed by atoms with van der Waals surface area (Å²) in [6.45, 7) is 5.25. The van der Waals surface area contributed by atoms with E-state index in [-0.39, 0.29) is 17.5 Å². The predicted octanol–water partition coefficient (Wildman–Crippen LogP) is -0.0551. The number of amides is 1. The molecular formula is C10H18N4O3S. The number of hydrogen-bond acceptors (Lipinski definition) is 4. The van der Waals surface area contributed by atoms with E-state index in [0.29, 0.717) is 0 Å². The molecule has 0 spiro atoms. The highest BCUT2D eigenvalue weighted by atomic mass is 32.2. The van der Waals surface area contributed by atoms with Gasteiger partial charge in [0, 0.05) is 12.6 Å². The molecule has 18 heavy (non-hydrogen) atoms. The quantitative estimate of drug-likeness (QED) is 0.804. The number of likely N-dealkylation sites (N-methyl/N-ethyl adjacent to an activating group) is 1. The highest BCUT2D eigenvalue weighted by Crippen LogP contribution is 2.09. The standard InChI is InChI=1S/C10H18N4O3S/c1-10(2,3)12-8(15)7-14(4)18(16,17)9-5-6-11-13-9/h5-6H,7H2,1-4H3,(H,11,13)(H,12,15). The largest absolute Gasteiger partial charge is 0.350 e. The van der Waals surface area contributed by atoms with E-state index in [4.69, 9.17) is 0 Å². The zero-order valence-corrected chi connectivity index (χ0v) is 11.7. The van der Waals surface area contributed by atoms with Crippen molar-refractivity contribution in [2.75, 3.05) is 13.6 Å². The molecule has 0 aliphatic carbocycles. The minimum atomic E-state index is -3.69. The molecule has 0 aromatic carbocycles. The van der Waals surface area contributed by atoms with E-state index in [0.717, 1.165) is 4.31 Å². The van der Waals surface area contributed by atoms with Gasteiger partial charge in [0.25, 0.3) is 10.0 Å². The van der Waals surface area contributed by atoms with E-state index >= 15 is 0 Å². The lowest BCUT2D eigenvalue weighted by atomic mass is 10.1. The smallest absolute Gasteiger partial charge is 0.260 e. The number of H-pyrrole nitrogens is 1. The topological polar surface area (TPSA) is 95.2 Å². The Morgan fingerprint density at radius 3 is 2.56 bits per heavy atom. The molecule has 0 radical (unpaired) electrons. The van der Waals surface area contributed by atoms with Crippen molar-refractivity contribution in [3.63, 3.8) is 0 Å². The molecule has 2 N–H and O–H groups in total. The second kappa shape index (κ2) is 5.07. The van der Waals surface area contributed by atoms with E-state index in [1.165, 1.54) is 19.3 Å². The minimum absolute atomic E-state index is 0.0337. The van der Waals surface area contributed by atoms with Crippen LogP contribution < -0.4 is 5.32 Å². The summed E-state index contributed by atoms with van der Waals surface area (Å²) in [5.41, 5.74) is -0.393. The Morgan fingerprint density at radius 2 is 2.11 bits per heavy atom.